The molecule has 0 radical (unpaired) electrons. The molecule has 1 fully saturated rings. The van der Waals surface area contributed by atoms with Gasteiger partial charge in [0, 0.05) is 6.61 Å². The molecule has 0 amide bonds. The van der Waals surface area contributed by atoms with Gasteiger partial charge in [-0.25, -0.2) is 0 Å². The maximum Gasteiger partial charge on any atom is 0.0991 e. The van der Waals surface area contributed by atoms with Gasteiger partial charge in [-0.15, -0.1) is 0 Å². The average molecular weight is 311 g/mol. The van der Waals surface area contributed by atoms with E-state index in [-0.39, 0.29) is 0 Å². The van der Waals surface area contributed by atoms with Crippen LogP contribution in [0.1, 0.15) is 68.9 Å². The van der Waals surface area contributed by atoms with Gasteiger partial charge < -0.3 is 4.74 Å². The average Bonchev–Trinajstić information content (AvgIpc) is 2.61. The van der Waals surface area contributed by atoms with Crippen LogP contribution in [-0.4, -0.2) is 13.2 Å². The van der Waals surface area contributed by atoms with Crippen molar-refractivity contribution in [3.05, 3.63) is 47.5 Å². The first kappa shape index (κ1) is 17.8. The number of hydrogen-bond donors (Lipinski definition) is 0. The predicted octanol–water partition coefficient (Wildman–Crippen LogP) is 5.60. The number of nitrogens with zero attached hydrogens (tertiary/aromatic N) is 1. The number of hydrogen-bond acceptors (Lipinski definition) is 2. The third kappa shape index (κ3) is 6.20. The SMILES string of the molecule is C/C=C/COCCCCC1CCC(c2ccc(C#N)cc2)CC1. The molecule has 2 nitrogen and oxygen atoms in total. The molecule has 1 aliphatic carbocycles. The smallest absolute Gasteiger partial charge is 0.0991 e. The van der Waals surface area contributed by atoms with Crippen LogP contribution < -0.4 is 0 Å². The van der Waals surface area contributed by atoms with Crippen LogP contribution in [0.25, 0.3) is 0 Å². The van der Waals surface area contributed by atoms with Gasteiger partial charge in [0.1, 0.15) is 0 Å². The third-order valence-corrected chi connectivity index (χ3v) is 4.96. The van der Waals surface area contributed by atoms with E-state index in [4.69, 9.17) is 10.00 Å². The summed E-state index contributed by atoms with van der Waals surface area (Å²) in [6.45, 7) is 3.68. The van der Waals surface area contributed by atoms with Gasteiger partial charge in [0.15, 0.2) is 0 Å². The number of nitriles is 1. The lowest BCUT2D eigenvalue weighted by atomic mass is 9.77. The Hall–Kier alpha value is -1.59. The molecule has 0 saturated heterocycles. The standard InChI is InChI=1S/C21H29NO/c1-2-3-15-23-16-5-4-6-18-7-11-20(12-8-18)21-13-9-19(17-22)10-14-21/h2-3,9-10,13-14,18,20H,4-8,11-12,15-16H2,1H3/b3-2+. The molecule has 0 spiro atoms. The monoisotopic (exact) mass is 311 g/mol. The summed E-state index contributed by atoms with van der Waals surface area (Å²) in [6.07, 6.45) is 13.2. The van der Waals surface area contributed by atoms with Gasteiger partial charge in [-0.1, -0.05) is 37.1 Å². The Balaban J connectivity index is 1.61. The zero-order valence-electron chi connectivity index (χ0n) is 14.3. The van der Waals surface area contributed by atoms with Gasteiger partial charge in [-0.2, -0.15) is 5.26 Å². The second-order valence-electron chi connectivity index (χ2n) is 6.59. The highest BCUT2D eigenvalue weighted by Crippen LogP contribution is 2.37. The molecule has 0 unspecified atom stereocenters. The van der Waals surface area contributed by atoms with Crippen LogP contribution in [0, 0.1) is 17.2 Å². The number of unbranched alkanes of at least 4 members (excludes halogenated alkanes) is 1. The summed E-state index contributed by atoms with van der Waals surface area (Å²) in [5.74, 6) is 1.60. The summed E-state index contributed by atoms with van der Waals surface area (Å²) < 4.78 is 5.55. The molecule has 1 aromatic carbocycles. The van der Waals surface area contributed by atoms with E-state index >= 15 is 0 Å². The Morgan fingerprint density at radius 1 is 1.13 bits per heavy atom. The molecular formula is C21H29NO. The number of benzene rings is 1. The molecule has 0 N–H and O–H groups in total. The zero-order chi connectivity index (χ0) is 16.3. The van der Waals surface area contributed by atoms with E-state index in [2.05, 4.69) is 24.3 Å². The van der Waals surface area contributed by atoms with Crippen LogP contribution in [0.4, 0.5) is 0 Å². The molecule has 1 saturated carbocycles. The minimum atomic E-state index is 0.697. The highest BCUT2D eigenvalue weighted by atomic mass is 16.5. The lowest BCUT2D eigenvalue weighted by Gasteiger charge is -2.29. The van der Waals surface area contributed by atoms with Gasteiger partial charge in [0.25, 0.3) is 0 Å². The van der Waals surface area contributed by atoms with E-state index in [1.165, 1.54) is 50.5 Å². The maximum absolute atomic E-state index is 8.87. The maximum atomic E-state index is 8.87. The zero-order valence-corrected chi connectivity index (χ0v) is 14.3. The highest BCUT2D eigenvalue weighted by molar-refractivity contribution is 5.33. The molecule has 0 atom stereocenters. The fraction of sp³-hybridized carbons (Fsp3) is 0.571. The Bertz CT molecular complexity index is 504. The van der Waals surface area contributed by atoms with Crippen LogP contribution in [0.5, 0.6) is 0 Å². The van der Waals surface area contributed by atoms with Crippen molar-refractivity contribution in [2.75, 3.05) is 13.2 Å². The van der Waals surface area contributed by atoms with E-state index in [1.807, 2.05) is 25.1 Å². The van der Waals surface area contributed by atoms with Gasteiger partial charge in [0.05, 0.1) is 18.2 Å². The Morgan fingerprint density at radius 3 is 2.52 bits per heavy atom. The molecule has 1 aliphatic rings. The van der Waals surface area contributed by atoms with Crippen molar-refractivity contribution in [1.82, 2.24) is 0 Å². The number of ether oxygens (including phenoxy) is 1. The quantitative estimate of drug-likeness (QED) is 0.463. The van der Waals surface area contributed by atoms with Crippen molar-refractivity contribution in [2.45, 2.75) is 57.8 Å². The van der Waals surface area contributed by atoms with Crippen molar-refractivity contribution >= 4 is 0 Å². The van der Waals surface area contributed by atoms with E-state index in [0.29, 0.717) is 5.92 Å². The Kier molecular flexibility index (Phi) is 7.90. The number of allylic oxidation sites excluding steroid dienone is 1. The van der Waals surface area contributed by atoms with Crippen LogP contribution in [-0.2, 0) is 4.74 Å². The molecule has 0 aromatic heterocycles. The van der Waals surface area contributed by atoms with Crippen molar-refractivity contribution < 1.29 is 4.74 Å². The first-order chi connectivity index (χ1) is 11.3. The van der Waals surface area contributed by atoms with Crippen molar-refractivity contribution in [2.24, 2.45) is 5.92 Å². The second kappa shape index (κ2) is 10.2. The summed E-state index contributed by atoms with van der Waals surface area (Å²) in [5.41, 5.74) is 2.18. The Labute approximate surface area is 141 Å². The van der Waals surface area contributed by atoms with Crippen LogP contribution in [0.15, 0.2) is 36.4 Å². The summed E-state index contributed by atoms with van der Waals surface area (Å²) >= 11 is 0. The first-order valence-corrected chi connectivity index (χ1v) is 9.02. The van der Waals surface area contributed by atoms with Crippen LogP contribution >= 0.6 is 0 Å². The van der Waals surface area contributed by atoms with Gasteiger partial charge in [-0.3, -0.25) is 0 Å². The van der Waals surface area contributed by atoms with E-state index in [1.54, 1.807) is 0 Å². The second-order valence-corrected chi connectivity index (χ2v) is 6.59. The third-order valence-electron chi connectivity index (χ3n) is 4.96. The van der Waals surface area contributed by atoms with Gasteiger partial charge in [0.2, 0.25) is 0 Å². The largest absolute Gasteiger partial charge is 0.377 e. The van der Waals surface area contributed by atoms with Crippen molar-refractivity contribution in [1.29, 1.82) is 5.26 Å². The lowest BCUT2D eigenvalue weighted by Crippen LogP contribution is -2.13. The van der Waals surface area contributed by atoms with Gasteiger partial charge in [-0.05, 0) is 68.6 Å². The minimum Gasteiger partial charge on any atom is -0.377 e. The predicted molar refractivity (Wildman–Crippen MR) is 95.3 cm³/mol. The molecule has 1 aromatic rings. The molecule has 2 heteroatoms. The fourth-order valence-electron chi connectivity index (χ4n) is 3.50. The lowest BCUT2D eigenvalue weighted by molar-refractivity contribution is 0.154. The summed E-state index contributed by atoms with van der Waals surface area (Å²) in [7, 11) is 0. The summed E-state index contributed by atoms with van der Waals surface area (Å²) in [5, 5.41) is 8.87. The molecule has 124 valence electrons. The summed E-state index contributed by atoms with van der Waals surface area (Å²) in [6, 6.07) is 10.4. The minimum absolute atomic E-state index is 0.697. The normalized spacial score (nSPS) is 21.4. The first-order valence-electron chi connectivity index (χ1n) is 9.02. The molecule has 23 heavy (non-hydrogen) atoms. The highest BCUT2D eigenvalue weighted by Gasteiger charge is 2.21. The summed E-state index contributed by atoms with van der Waals surface area (Å²) in [4.78, 5) is 0. The van der Waals surface area contributed by atoms with E-state index in [0.717, 1.165) is 24.7 Å². The fourth-order valence-corrected chi connectivity index (χ4v) is 3.50. The van der Waals surface area contributed by atoms with Gasteiger partial charge >= 0.3 is 0 Å². The topological polar surface area (TPSA) is 33.0 Å². The molecule has 2 rings (SSSR count). The molecular weight excluding hydrogens is 282 g/mol. The molecule has 0 aliphatic heterocycles. The van der Waals surface area contributed by atoms with Crippen LogP contribution in [0.3, 0.4) is 0 Å². The molecule has 0 heterocycles. The van der Waals surface area contributed by atoms with E-state index < -0.39 is 0 Å². The Morgan fingerprint density at radius 2 is 1.87 bits per heavy atom. The van der Waals surface area contributed by atoms with Crippen molar-refractivity contribution in [3.63, 3.8) is 0 Å². The molecule has 0 bridgehead atoms. The van der Waals surface area contributed by atoms with Crippen LogP contribution in [0.2, 0.25) is 0 Å². The van der Waals surface area contributed by atoms with Crippen molar-refractivity contribution in [3.8, 4) is 6.07 Å². The number of rotatable bonds is 8. The van der Waals surface area contributed by atoms with E-state index in [9.17, 15) is 0 Å².